The first-order valence-electron chi connectivity index (χ1n) is 7.01. The molecule has 5 nitrogen and oxygen atoms in total. The van der Waals surface area contributed by atoms with Gasteiger partial charge in [0.2, 0.25) is 0 Å². The van der Waals surface area contributed by atoms with E-state index in [4.69, 9.17) is 11.6 Å². The molecular weight excluding hydrogens is 278 g/mol. The van der Waals surface area contributed by atoms with Gasteiger partial charge in [-0.25, -0.2) is 0 Å². The minimum absolute atomic E-state index is 0.482. The quantitative estimate of drug-likeness (QED) is 0.841. The van der Waals surface area contributed by atoms with Crippen molar-refractivity contribution in [3.05, 3.63) is 16.4 Å². The van der Waals surface area contributed by atoms with E-state index < -0.39 is 11.5 Å². The van der Waals surface area contributed by atoms with Gasteiger partial charge in [-0.05, 0) is 33.7 Å². The Morgan fingerprint density at radius 1 is 1.40 bits per heavy atom. The Balaban J connectivity index is 3.13. The maximum atomic E-state index is 11.4. The highest BCUT2D eigenvalue weighted by Gasteiger charge is 2.34. The van der Waals surface area contributed by atoms with Crippen LogP contribution in [0, 0.1) is 0 Å². The third-order valence-electron chi connectivity index (χ3n) is 3.73. The third kappa shape index (κ3) is 3.15. The van der Waals surface area contributed by atoms with E-state index in [0.717, 1.165) is 24.4 Å². The van der Waals surface area contributed by atoms with Gasteiger partial charge in [-0.1, -0.05) is 25.4 Å². The number of carboxylic acids is 1. The Bertz CT molecular complexity index is 483. The average Bonchev–Trinajstić information content (AvgIpc) is 2.71. The first-order valence-corrected chi connectivity index (χ1v) is 7.39. The summed E-state index contributed by atoms with van der Waals surface area (Å²) in [6.45, 7) is 11.2. The van der Waals surface area contributed by atoms with E-state index in [0.29, 0.717) is 18.1 Å². The van der Waals surface area contributed by atoms with Crippen molar-refractivity contribution in [2.45, 2.75) is 59.7 Å². The molecule has 0 spiro atoms. The molecule has 1 aromatic rings. The lowest BCUT2D eigenvalue weighted by atomic mass is 10.0. The first kappa shape index (κ1) is 17.0. The van der Waals surface area contributed by atoms with Crippen LogP contribution < -0.4 is 0 Å². The van der Waals surface area contributed by atoms with Gasteiger partial charge in [-0.15, -0.1) is 0 Å². The van der Waals surface area contributed by atoms with E-state index in [2.05, 4.69) is 5.10 Å². The molecule has 0 aliphatic carbocycles. The third-order valence-corrected chi connectivity index (χ3v) is 4.17. The second-order valence-electron chi connectivity index (χ2n) is 5.26. The fourth-order valence-electron chi connectivity index (χ4n) is 2.19. The summed E-state index contributed by atoms with van der Waals surface area (Å²) in [5, 5.41) is 14.5. The van der Waals surface area contributed by atoms with Crippen LogP contribution in [0.15, 0.2) is 0 Å². The fraction of sp³-hybridized carbons (Fsp3) is 0.714. The Morgan fingerprint density at radius 2 is 2.00 bits per heavy atom. The zero-order valence-electron chi connectivity index (χ0n) is 12.9. The summed E-state index contributed by atoms with van der Waals surface area (Å²) in [5.41, 5.74) is 0.822. The molecule has 0 aliphatic rings. The van der Waals surface area contributed by atoms with Crippen molar-refractivity contribution in [2.24, 2.45) is 0 Å². The highest BCUT2D eigenvalue weighted by atomic mass is 35.5. The molecule has 0 saturated carbocycles. The summed E-state index contributed by atoms with van der Waals surface area (Å²) in [7, 11) is 0. The van der Waals surface area contributed by atoms with Crippen LogP contribution in [-0.2, 0) is 24.3 Å². The lowest BCUT2D eigenvalue weighted by molar-refractivity contribution is -0.149. The molecule has 0 radical (unpaired) electrons. The number of nitrogens with zero attached hydrogens (tertiary/aromatic N) is 3. The predicted molar refractivity (Wildman–Crippen MR) is 80.1 cm³/mol. The molecular formula is C14H24ClN3O2. The van der Waals surface area contributed by atoms with Gasteiger partial charge in [-0.3, -0.25) is 14.4 Å². The van der Waals surface area contributed by atoms with E-state index in [9.17, 15) is 9.90 Å². The van der Waals surface area contributed by atoms with Gasteiger partial charge < -0.3 is 5.11 Å². The van der Waals surface area contributed by atoms with Gasteiger partial charge in [0.15, 0.2) is 0 Å². The number of hydrogen-bond donors (Lipinski definition) is 1. The zero-order valence-corrected chi connectivity index (χ0v) is 13.7. The molecule has 0 unspecified atom stereocenters. The van der Waals surface area contributed by atoms with Crippen LogP contribution in [0.25, 0.3) is 0 Å². The average molecular weight is 302 g/mol. The molecule has 1 rings (SSSR count). The zero-order chi connectivity index (χ0) is 15.5. The highest BCUT2D eigenvalue weighted by Crippen LogP contribution is 2.26. The van der Waals surface area contributed by atoms with Crippen molar-refractivity contribution in [2.75, 3.05) is 6.54 Å². The fourth-order valence-corrected chi connectivity index (χ4v) is 2.52. The van der Waals surface area contributed by atoms with E-state index in [1.807, 2.05) is 30.4 Å². The van der Waals surface area contributed by atoms with Gasteiger partial charge in [0.05, 0.1) is 16.4 Å². The number of likely N-dealkylation sites (N-methyl/N-ethyl adjacent to an activating group) is 1. The number of aliphatic carboxylic acids is 1. The summed E-state index contributed by atoms with van der Waals surface area (Å²) in [6, 6.07) is 0. The molecule has 114 valence electrons. The number of rotatable bonds is 7. The Hall–Kier alpha value is -1.07. The lowest BCUT2D eigenvalue weighted by Gasteiger charge is -2.34. The van der Waals surface area contributed by atoms with Crippen LogP contribution in [0.3, 0.4) is 0 Å². The van der Waals surface area contributed by atoms with E-state index in [1.165, 1.54) is 0 Å². The molecule has 0 atom stereocenters. The van der Waals surface area contributed by atoms with Crippen LogP contribution in [0.4, 0.5) is 0 Å². The van der Waals surface area contributed by atoms with Crippen LogP contribution >= 0.6 is 11.6 Å². The minimum atomic E-state index is -0.937. The van der Waals surface area contributed by atoms with E-state index in [-0.39, 0.29) is 0 Å². The van der Waals surface area contributed by atoms with Crippen molar-refractivity contribution in [3.63, 3.8) is 0 Å². The molecule has 0 fully saturated rings. The maximum absolute atomic E-state index is 11.4. The number of aromatic nitrogens is 2. The molecule has 1 N–H and O–H groups in total. The smallest absolute Gasteiger partial charge is 0.323 e. The van der Waals surface area contributed by atoms with Crippen LogP contribution in [0.5, 0.6) is 0 Å². The van der Waals surface area contributed by atoms with Crippen molar-refractivity contribution >= 4 is 17.6 Å². The standard InChI is InChI=1S/C14H24ClN3O2/c1-6-10-12(15)11(18(8-3)16-10)9-17(7-2)14(4,5)13(19)20/h6-9H2,1-5H3,(H,19,20). The van der Waals surface area contributed by atoms with Gasteiger partial charge in [-0.2, -0.15) is 5.10 Å². The van der Waals surface area contributed by atoms with Gasteiger partial charge in [0.1, 0.15) is 5.54 Å². The number of aryl methyl sites for hydroxylation is 2. The maximum Gasteiger partial charge on any atom is 0.323 e. The minimum Gasteiger partial charge on any atom is -0.480 e. The van der Waals surface area contributed by atoms with Gasteiger partial charge in [0, 0.05) is 13.1 Å². The predicted octanol–water partition coefficient (Wildman–Crippen LogP) is 2.80. The summed E-state index contributed by atoms with van der Waals surface area (Å²) < 4.78 is 1.86. The number of carbonyl (C=O) groups is 1. The monoisotopic (exact) mass is 301 g/mol. The van der Waals surface area contributed by atoms with E-state index >= 15 is 0 Å². The Labute approximate surface area is 125 Å². The molecule has 1 aromatic heterocycles. The lowest BCUT2D eigenvalue weighted by Crippen LogP contribution is -2.49. The number of carboxylic acid groups (broad SMARTS) is 1. The number of halogens is 1. The van der Waals surface area contributed by atoms with Gasteiger partial charge >= 0.3 is 5.97 Å². The SMILES string of the molecule is CCc1nn(CC)c(CN(CC)C(C)(C)C(=O)O)c1Cl. The summed E-state index contributed by atoms with van der Waals surface area (Å²) in [6.07, 6.45) is 0.771. The van der Waals surface area contributed by atoms with Crippen molar-refractivity contribution in [3.8, 4) is 0 Å². The summed E-state index contributed by atoms with van der Waals surface area (Å²) in [5.74, 6) is -0.839. The Kier molecular flexibility index (Phi) is 5.59. The van der Waals surface area contributed by atoms with E-state index in [1.54, 1.807) is 13.8 Å². The second kappa shape index (κ2) is 6.59. The molecule has 1 heterocycles. The second-order valence-corrected chi connectivity index (χ2v) is 5.63. The van der Waals surface area contributed by atoms with Crippen molar-refractivity contribution in [1.82, 2.24) is 14.7 Å². The first-order chi connectivity index (χ1) is 9.29. The van der Waals surface area contributed by atoms with Crippen LogP contribution in [0.2, 0.25) is 5.02 Å². The van der Waals surface area contributed by atoms with Crippen molar-refractivity contribution < 1.29 is 9.90 Å². The molecule has 0 saturated heterocycles. The summed E-state index contributed by atoms with van der Waals surface area (Å²) in [4.78, 5) is 13.3. The normalized spacial score (nSPS) is 12.2. The molecule has 20 heavy (non-hydrogen) atoms. The molecule has 6 heteroatoms. The van der Waals surface area contributed by atoms with Gasteiger partial charge in [0.25, 0.3) is 0 Å². The number of hydrogen-bond acceptors (Lipinski definition) is 3. The van der Waals surface area contributed by atoms with Crippen LogP contribution in [-0.4, -0.2) is 37.8 Å². The molecule has 0 aliphatic heterocycles. The van der Waals surface area contributed by atoms with Crippen LogP contribution in [0.1, 0.15) is 46.0 Å². The molecule has 0 bridgehead atoms. The molecule has 0 amide bonds. The summed E-state index contributed by atoms with van der Waals surface area (Å²) >= 11 is 6.38. The highest BCUT2D eigenvalue weighted by molar-refractivity contribution is 6.31. The van der Waals surface area contributed by atoms with Crippen molar-refractivity contribution in [1.29, 1.82) is 0 Å². The Morgan fingerprint density at radius 3 is 2.40 bits per heavy atom. The molecule has 0 aromatic carbocycles. The topological polar surface area (TPSA) is 58.4 Å². The largest absolute Gasteiger partial charge is 0.480 e.